The summed E-state index contributed by atoms with van der Waals surface area (Å²) in [7, 11) is 1.64. The molecule has 5 rings (SSSR count). The van der Waals surface area contributed by atoms with Crippen molar-refractivity contribution in [1.82, 2.24) is 9.88 Å². The van der Waals surface area contributed by atoms with E-state index in [4.69, 9.17) is 9.47 Å². The molecule has 2 aliphatic rings. The van der Waals surface area contributed by atoms with E-state index in [1.165, 1.54) is 4.90 Å². The summed E-state index contributed by atoms with van der Waals surface area (Å²) in [5, 5.41) is 1.03. The number of urea groups is 1. The van der Waals surface area contributed by atoms with Gasteiger partial charge in [0.2, 0.25) is 0 Å². The molecule has 1 fully saturated rings. The van der Waals surface area contributed by atoms with Crippen molar-refractivity contribution in [2.75, 3.05) is 25.2 Å². The number of nitrogens with zero attached hydrogens (tertiary/aromatic N) is 2. The number of imide groups is 1. The lowest BCUT2D eigenvalue weighted by Gasteiger charge is -2.35. The molecule has 1 saturated heterocycles. The van der Waals surface area contributed by atoms with Crippen LogP contribution in [0.15, 0.2) is 42.5 Å². The average Bonchev–Trinajstić information content (AvgIpc) is 3.22. The number of aromatic nitrogens is 1. The number of rotatable bonds is 4. The van der Waals surface area contributed by atoms with E-state index < -0.39 is 5.54 Å². The number of ether oxygens (including phenoxy) is 2. The van der Waals surface area contributed by atoms with Crippen LogP contribution in [0.25, 0.3) is 10.9 Å². The van der Waals surface area contributed by atoms with Gasteiger partial charge in [-0.15, -0.1) is 0 Å². The maximum absolute atomic E-state index is 13.6. The Hall–Kier alpha value is -3.48. The van der Waals surface area contributed by atoms with E-state index in [9.17, 15) is 9.59 Å². The van der Waals surface area contributed by atoms with Gasteiger partial charge in [-0.3, -0.25) is 4.79 Å². The highest BCUT2D eigenvalue weighted by molar-refractivity contribution is 6.23. The Labute approximate surface area is 174 Å². The zero-order valence-electron chi connectivity index (χ0n) is 17.2. The van der Waals surface area contributed by atoms with Crippen LogP contribution >= 0.6 is 0 Å². The first-order chi connectivity index (χ1) is 14.5. The molecule has 1 N–H and O–H groups in total. The van der Waals surface area contributed by atoms with Crippen LogP contribution in [-0.4, -0.2) is 42.1 Å². The Kier molecular flexibility index (Phi) is 4.03. The Morgan fingerprint density at radius 2 is 1.83 bits per heavy atom. The van der Waals surface area contributed by atoms with Crippen molar-refractivity contribution in [2.24, 2.45) is 0 Å². The first kappa shape index (κ1) is 18.5. The van der Waals surface area contributed by atoms with Gasteiger partial charge < -0.3 is 19.4 Å². The van der Waals surface area contributed by atoms with Crippen LogP contribution in [0, 0.1) is 0 Å². The van der Waals surface area contributed by atoms with Crippen molar-refractivity contribution >= 4 is 28.5 Å². The van der Waals surface area contributed by atoms with Crippen LogP contribution in [0.4, 0.5) is 10.5 Å². The van der Waals surface area contributed by atoms with Gasteiger partial charge in [-0.25, -0.2) is 9.69 Å². The highest BCUT2D eigenvalue weighted by Crippen LogP contribution is 2.45. The quantitative estimate of drug-likeness (QED) is 0.670. The van der Waals surface area contributed by atoms with Crippen LogP contribution in [0.5, 0.6) is 11.5 Å². The van der Waals surface area contributed by atoms with Crippen LogP contribution < -0.4 is 14.4 Å². The van der Waals surface area contributed by atoms with Crippen LogP contribution in [0.3, 0.4) is 0 Å². The van der Waals surface area contributed by atoms with Crippen molar-refractivity contribution < 1.29 is 19.1 Å². The summed E-state index contributed by atoms with van der Waals surface area (Å²) in [6.45, 7) is 4.77. The van der Waals surface area contributed by atoms with Gasteiger partial charge in [0.1, 0.15) is 11.5 Å². The summed E-state index contributed by atoms with van der Waals surface area (Å²) >= 11 is 0. The largest absolute Gasteiger partial charge is 0.497 e. The molecule has 1 atom stereocenters. The normalized spacial score (nSPS) is 20.5. The second kappa shape index (κ2) is 6.52. The molecule has 30 heavy (non-hydrogen) atoms. The van der Waals surface area contributed by atoms with Crippen LogP contribution in [0.1, 0.15) is 25.1 Å². The molecule has 154 valence electrons. The van der Waals surface area contributed by atoms with Crippen molar-refractivity contribution in [3.8, 4) is 11.5 Å². The van der Waals surface area contributed by atoms with Crippen molar-refractivity contribution in [3.63, 3.8) is 0 Å². The maximum Gasteiger partial charge on any atom is 0.332 e. The van der Waals surface area contributed by atoms with Gasteiger partial charge in [-0.05, 0) is 68.3 Å². The standard InChI is InChI=1S/C23H23N3O4/c1-4-30-15-7-5-14(6-8-15)26-21(27)23(2)20-17(11-12-25(23)22(26)28)18-13-16(29-3)9-10-19(18)24-20/h5-10,13,24H,4,11-12H2,1-3H3/t23-/m1/s1. The Morgan fingerprint density at radius 1 is 1.10 bits per heavy atom. The monoisotopic (exact) mass is 405 g/mol. The Morgan fingerprint density at radius 3 is 2.53 bits per heavy atom. The molecular weight excluding hydrogens is 382 g/mol. The summed E-state index contributed by atoms with van der Waals surface area (Å²) in [5.74, 6) is 1.22. The van der Waals surface area contributed by atoms with Gasteiger partial charge in [-0.2, -0.15) is 0 Å². The first-order valence-electron chi connectivity index (χ1n) is 10.1. The van der Waals surface area contributed by atoms with E-state index in [0.29, 0.717) is 31.0 Å². The van der Waals surface area contributed by atoms with E-state index in [1.807, 2.05) is 32.0 Å². The van der Waals surface area contributed by atoms with Gasteiger partial charge >= 0.3 is 6.03 Å². The predicted octanol–water partition coefficient (Wildman–Crippen LogP) is 3.82. The molecule has 3 aromatic rings. The number of methoxy groups -OCH3 is 1. The number of amides is 3. The maximum atomic E-state index is 13.6. The van der Waals surface area contributed by atoms with Gasteiger partial charge in [0.05, 0.1) is 25.1 Å². The number of fused-ring (bicyclic) bond motifs is 5. The third kappa shape index (κ3) is 2.38. The highest BCUT2D eigenvalue weighted by Gasteiger charge is 2.59. The SMILES string of the molecule is CCOc1ccc(N2C(=O)N3CCc4c([nH]c5ccc(OC)cc45)[C@]3(C)C2=O)cc1. The summed E-state index contributed by atoms with van der Waals surface area (Å²) < 4.78 is 10.8. The number of hydrogen-bond acceptors (Lipinski definition) is 4. The first-order valence-corrected chi connectivity index (χ1v) is 10.1. The predicted molar refractivity (Wildman–Crippen MR) is 113 cm³/mol. The summed E-state index contributed by atoms with van der Waals surface area (Å²) in [6.07, 6.45) is 0.675. The smallest absolute Gasteiger partial charge is 0.332 e. The summed E-state index contributed by atoms with van der Waals surface area (Å²) in [5.41, 5.74) is 2.25. The van der Waals surface area contributed by atoms with Crippen LogP contribution in [-0.2, 0) is 16.8 Å². The number of aromatic amines is 1. The lowest BCUT2D eigenvalue weighted by Crippen LogP contribution is -2.49. The van der Waals surface area contributed by atoms with Crippen molar-refractivity contribution in [3.05, 3.63) is 53.7 Å². The molecule has 0 unspecified atom stereocenters. The van der Waals surface area contributed by atoms with Crippen LogP contribution in [0.2, 0.25) is 0 Å². The van der Waals surface area contributed by atoms with E-state index in [2.05, 4.69) is 4.98 Å². The minimum Gasteiger partial charge on any atom is -0.497 e. The lowest BCUT2D eigenvalue weighted by molar-refractivity contribution is -0.125. The van der Waals surface area contributed by atoms with Gasteiger partial charge in [0, 0.05) is 17.4 Å². The Balaban J connectivity index is 1.60. The summed E-state index contributed by atoms with van der Waals surface area (Å²) in [4.78, 5) is 33.2. The van der Waals surface area contributed by atoms with E-state index in [1.54, 1.807) is 36.3 Å². The molecule has 0 bridgehead atoms. The zero-order valence-corrected chi connectivity index (χ0v) is 17.2. The second-order valence-electron chi connectivity index (χ2n) is 7.71. The van der Waals surface area contributed by atoms with Crippen molar-refractivity contribution in [1.29, 1.82) is 0 Å². The Bertz CT molecular complexity index is 1170. The van der Waals surface area contributed by atoms with Gasteiger partial charge in [0.15, 0.2) is 5.54 Å². The molecule has 0 saturated carbocycles. The molecule has 3 amide bonds. The fraction of sp³-hybridized carbons (Fsp3) is 0.304. The highest BCUT2D eigenvalue weighted by atomic mass is 16.5. The molecule has 2 aromatic carbocycles. The number of benzene rings is 2. The van der Waals surface area contributed by atoms with E-state index >= 15 is 0 Å². The minimum atomic E-state index is -1.07. The molecule has 0 spiro atoms. The molecule has 3 heterocycles. The second-order valence-corrected chi connectivity index (χ2v) is 7.71. The lowest BCUT2D eigenvalue weighted by atomic mass is 9.87. The fourth-order valence-electron chi connectivity index (χ4n) is 4.63. The van der Waals surface area contributed by atoms with Gasteiger partial charge in [0.25, 0.3) is 5.91 Å². The number of nitrogens with one attached hydrogen (secondary N) is 1. The number of hydrogen-bond donors (Lipinski definition) is 1. The third-order valence-corrected chi connectivity index (χ3v) is 6.17. The minimum absolute atomic E-state index is 0.254. The molecule has 1 aromatic heterocycles. The summed E-state index contributed by atoms with van der Waals surface area (Å²) in [6, 6.07) is 12.6. The number of carbonyl (C=O) groups is 2. The number of anilines is 1. The molecule has 2 aliphatic heterocycles. The molecule has 0 radical (unpaired) electrons. The number of carbonyl (C=O) groups excluding carboxylic acids is 2. The molecular formula is C23H23N3O4. The topological polar surface area (TPSA) is 74.9 Å². The van der Waals surface area contributed by atoms with E-state index in [-0.39, 0.29) is 11.9 Å². The molecule has 7 nitrogen and oxygen atoms in total. The third-order valence-electron chi connectivity index (χ3n) is 6.17. The average molecular weight is 405 g/mol. The zero-order chi connectivity index (χ0) is 21.0. The van der Waals surface area contributed by atoms with Crippen molar-refractivity contribution in [2.45, 2.75) is 25.8 Å². The number of H-pyrrole nitrogens is 1. The molecule has 0 aliphatic carbocycles. The fourth-order valence-corrected chi connectivity index (χ4v) is 4.63. The van der Waals surface area contributed by atoms with Gasteiger partial charge in [-0.1, -0.05) is 0 Å². The molecule has 7 heteroatoms. The van der Waals surface area contributed by atoms with E-state index in [0.717, 1.165) is 27.9 Å².